The van der Waals surface area contributed by atoms with E-state index in [2.05, 4.69) is 13.8 Å². The van der Waals surface area contributed by atoms with Gasteiger partial charge < -0.3 is 4.90 Å². The molecule has 0 aliphatic carbocycles. The Morgan fingerprint density at radius 3 is 2.20 bits per heavy atom. The number of imide groups is 1. The summed E-state index contributed by atoms with van der Waals surface area (Å²) >= 11 is 0. The Kier molecular flexibility index (Phi) is 5.22. The van der Waals surface area contributed by atoms with E-state index in [1.807, 2.05) is 36.9 Å². The summed E-state index contributed by atoms with van der Waals surface area (Å²) in [6, 6.07) is 11.7. The van der Waals surface area contributed by atoms with E-state index in [1.54, 1.807) is 12.1 Å². The zero-order valence-electron chi connectivity index (χ0n) is 17.9. The van der Waals surface area contributed by atoms with Gasteiger partial charge in [0.2, 0.25) is 0 Å². The Morgan fingerprint density at radius 1 is 0.900 bits per heavy atom. The van der Waals surface area contributed by atoms with Gasteiger partial charge in [-0.2, -0.15) is 0 Å². The number of carbonyl (C=O) groups excluding carboxylic acids is 2. The van der Waals surface area contributed by atoms with E-state index < -0.39 is 17.6 Å². The number of para-hydroxylation sites is 1. The molecule has 2 unspecified atom stereocenters. The number of benzene rings is 2. The van der Waals surface area contributed by atoms with Crippen molar-refractivity contribution in [3.8, 4) is 0 Å². The Balaban J connectivity index is 1.88. The topological polar surface area (TPSA) is 40.6 Å². The zero-order valence-corrected chi connectivity index (χ0v) is 17.9. The van der Waals surface area contributed by atoms with Crippen LogP contribution in [0.1, 0.15) is 37.0 Å². The molecule has 2 aromatic carbocycles. The molecule has 1 saturated heterocycles. The number of nitrogens with zero attached hydrogens (tertiary/aromatic N) is 2. The van der Waals surface area contributed by atoms with E-state index in [-0.39, 0.29) is 5.69 Å². The number of hydrogen-bond donors (Lipinski definition) is 0. The summed E-state index contributed by atoms with van der Waals surface area (Å²) in [5.41, 5.74) is 3.63. The number of rotatable bonds is 3. The monoisotopic (exact) mass is 406 g/mol. The number of anilines is 1. The van der Waals surface area contributed by atoms with Crippen molar-refractivity contribution in [3.63, 3.8) is 0 Å². The van der Waals surface area contributed by atoms with Crippen molar-refractivity contribution < 1.29 is 14.0 Å². The predicted octanol–water partition coefficient (Wildman–Crippen LogP) is 4.70. The molecule has 0 aromatic heterocycles. The highest BCUT2D eigenvalue weighted by molar-refractivity contribution is 6.45. The first-order valence-electron chi connectivity index (χ1n) is 10.5. The number of halogens is 1. The molecule has 2 amide bonds. The molecule has 2 aliphatic rings. The van der Waals surface area contributed by atoms with Gasteiger partial charge in [-0.3, -0.25) is 9.59 Å². The van der Waals surface area contributed by atoms with Crippen LogP contribution in [0.3, 0.4) is 0 Å². The van der Waals surface area contributed by atoms with E-state index in [1.165, 1.54) is 12.1 Å². The van der Waals surface area contributed by atoms with Crippen LogP contribution in [0.25, 0.3) is 5.57 Å². The number of likely N-dealkylation sites (tertiary alicyclic amines) is 1. The van der Waals surface area contributed by atoms with Crippen molar-refractivity contribution in [1.29, 1.82) is 0 Å². The summed E-state index contributed by atoms with van der Waals surface area (Å²) in [4.78, 5) is 30.1. The maximum absolute atomic E-state index is 14.5. The SMILES string of the molecule is Cc1ccc(C2=C(N3CC(C)CC(C)C3)C(=O)N(c3ccccc3F)C2=O)cc1C. The maximum atomic E-state index is 14.5. The summed E-state index contributed by atoms with van der Waals surface area (Å²) in [6.45, 7) is 9.73. The highest BCUT2D eigenvalue weighted by atomic mass is 19.1. The maximum Gasteiger partial charge on any atom is 0.282 e. The van der Waals surface area contributed by atoms with Crippen molar-refractivity contribution in [2.75, 3.05) is 18.0 Å². The van der Waals surface area contributed by atoms with Crippen LogP contribution in [0.2, 0.25) is 0 Å². The summed E-state index contributed by atoms with van der Waals surface area (Å²) in [5.74, 6) is -0.672. The Hall–Kier alpha value is -2.95. The second kappa shape index (κ2) is 7.71. The highest BCUT2D eigenvalue weighted by Crippen LogP contribution is 2.38. The summed E-state index contributed by atoms with van der Waals surface area (Å²) in [5, 5.41) is 0. The molecule has 0 spiro atoms. The van der Waals surface area contributed by atoms with Gasteiger partial charge in [-0.05, 0) is 60.9 Å². The third-order valence-electron chi connectivity index (χ3n) is 6.13. The molecule has 1 fully saturated rings. The molecule has 2 heterocycles. The van der Waals surface area contributed by atoms with E-state index in [0.29, 0.717) is 41.8 Å². The van der Waals surface area contributed by atoms with Gasteiger partial charge in [0.25, 0.3) is 11.8 Å². The molecule has 0 bridgehead atoms. The predicted molar refractivity (Wildman–Crippen MR) is 116 cm³/mol. The van der Waals surface area contributed by atoms with E-state index in [0.717, 1.165) is 22.4 Å². The van der Waals surface area contributed by atoms with Crippen LogP contribution in [0.4, 0.5) is 10.1 Å². The molecule has 0 saturated carbocycles. The molecule has 0 N–H and O–H groups in total. The van der Waals surface area contributed by atoms with Gasteiger partial charge in [-0.1, -0.05) is 44.2 Å². The summed E-state index contributed by atoms with van der Waals surface area (Å²) in [7, 11) is 0. The lowest BCUT2D eigenvalue weighted by Crippen LogP contribution is -2.42. The largest absolute Gasteiger partial charge is 0.366 e. The average Bonchev–Trinajstić information content (AvgIpc) is 2.94. The molecule has 4 rings (SSSR count). The third kappa shape index (κ3) is 3.42. The number of piperidine rings is 1. The van der Waals surface area contributed by atoms with Crippen LogP contribution < -0.4 is 4.90 Å². The smallest absolute Gasteiger partial charge is 0.282 e. The minimum Gasteiger partial charge on any atom is -0.366 e. The summed E-state index contributed by atoms with van der Waals surface area (Å²) < 4.78 is 14.5. The number of aryl methyl sites for hydroxylation is 2. The minimum atomic E-state index is -0.583. The quantitative estimate of drug-likeness (QED) is 0.694. The number of hydrogen-bond acceptors (Lipinski definition) is 3. The van der Waals surface area contributed by atoms with Gasteiger partial charge in [0, 0.05) is 13.1 Å². The second-order valence-corrected chi connectivity index (χ2v) is 8.77. The van der Waals surface area contributed by atoms with Gasteiger partial charge in [-0.15, -0.1) is 0 Å². The first-order chi connectivity index (χ1) is 14.3. The number of amides is 2. The Bertz CT molecular complexity index is 1050. The molecule has 30 heavy (non-hydrogen) atoms. The summed E-state index contributed by atoms with van der Waals surface area (Å²) in [6.07, 6.45) is 1.09. The van der Waals surface area contributed by atoms with Crippen molar-refractivity contribution in [2.45, 2.75) is 34.1 Å². The molecule has 2 aromatic rings. The van der Waals surface area contributed by atoms with E-state index >= 15 is 0 Å². The van der Waals surface area contributed by atoms with Crippen LogP contribution in [0, 0.1) is 31.5 Å². The Morgan fingerprint density at radius 2 is 1.57 bits per heavy atom. The number of carbonyl (C=O) groups is 2. The van der Waals surface area contributed by atoms with E-state index in [4.69, 9.17) is 0 Å². The molecular formula is C25H27FN2O2. The molecule has 156 valence electrons. The fourth-order valence-corrected chi connectivity index (χ4v) is 4.67. The third-order valence-corrected chi connectivity index (χ3v) is 6.13. The van der Waals surface area contributed by atoms with Gasteiger partial charge in [0.1, 0.15) is 11.5 Å². The fourth-order valence-electron chi connectivity index (χ4n) is 4.67. The fraction of sp³-hybridized carbons (Fsp3) is 0.360. The van der Waals surface area contributed by atoms with Gasteiger partial charge in [0.15, 0.2) is 0 Å². The van der Waals surface area contributed by atoms with Gasteiger partial charge >= 0.3 is 0 Å². The van der Waals surface area contributed by atoms with Gasteiger partial charge in [0.05, 0.1) is 11.3 Å². The molecule has 4 nitrogen and oxygen atoms in total. The normalized spacial score (nSPS) is 22.3. The first-order valence-corrected chi connectivity index (χ1v) is 10.5. The van der Waals surface area contributed by atoms with Crippen LogP contribution in [-0.4, -0.2) is 29.8 Å². The first kappa shape index (κ1) is 20.3. The zero-order chi connectivity index (χ0) is 21.6. The lowest BCUT2D eigenvalue weighted by molar-refractivity contribution is -0.121. The van der Waals surface area contributed by atoms with Crippen LogP contribution in [0.15, 0.2) is 48.2 Å². The second-order valence-electron chi connectivity index (χ2n) is 8.77. The highest BCUT2D eigenvalue weighted by Gasteiger charge is 2.44. The molecule has 2 atom stereocenters. The van der Waals surface area contributed by atoms with Crippen molar-refractivity contribution in [3.05, 3.63) is 70.7 Å². The van der Waals surface area contributed by atoms with Crippen molar-refractivity contribution in [2.24, 2.45) is 11.8 Å². The Labute approximate surface area is 177 Å². The van der Waals surface area contributed by atoms with Crippen LogP contribution in [0.5, 0.6) is 0 Å². The lowest BCUT2D eigenvalue weighted by atomic mass is 9.90. The van der Waals surface area contributed by atoms with Crippen LogP contribution in [-0.2, 0) is 9.59 Å². The van der Waals surface area contributed by atoms with Crippen molar-refractivity contribution >= 4 is 23.1 Å². The molecular weight excluding hydrogens is 379 g/mol. The standard InChI is InChI=1S/C25H27FN2O2/c1-15-11-16(2)14-27(13-15)23-22(19-10-9-17(3)18(4)12-19)24(29)28(25(23)30)21-8-6-5-7-20(21)26/h5-10,12,15-16H,11,13-14H2,1-4H3. The molecule has 0 radical (unpaired) electrons. The van der Waals surface area contributed by atoms with E-state index in [9.17, 15) is 14.0 Å². The molecule has 5 heteroatoms. The molecule has 2 aliphatic heterocycles. The minimum absolute atomic E-state index is 0.00180. The van der Waals surface area contributed by atoms with Gasteiger partial charge in [-0.25, -0.2) is 9.29 Å². The van der Waals surface area contributed by atoms with Crippen molar-refractivity contribution in [1.82, 2.24) is 4.90 Å². The average molecular weight is 407 g/mol. The lowest BCUT2D eigenvalue weighted by Gasteiger charge is -2.37. The van der Waals surface area contributed by atoms with Crippen LogP contribution >= 0.6 is 0 Å².